The van der Waals surface area contributed by atoms with Gasteiger partial charge in [-0.1, -0.05) is 5.21 Å². The zero-order valence-corrected chi connectivity index (χ0v) is 7.35. The van der Waals surface area contributed by atoms with Crippen LogP contribution in [0.4, 0.5) is 0 Å². The van der Waals surface area contributed by atoms with Crippen LogP contribution < -0.4 is 5.32 Å². The van der Waals surface area contributed by atoms with Crippen molar-refractivity contribution < 1.29 is 10.2 Å². The molecule has 0 atom stereocenters. The average molecular weight is 186 g/mol. The van der Waals surface area contributed by atoms with Gasteiger partial charge in [0.05, 0.1) is 25.5 Å². The molecule has 0 radical (unpaired) electrons. The normalized spacial score (nSPS) is 10.6. The molecule has 0 aliphatic heterocycles. The van der Waals surface area contributed by atoms with E-state index in [1.165, 1.54) is 0 Å². The second kappa shape index (κ2) is 5.63. The average Bonchev–Trinajstić information content (AvgIpc) is 2.54. The molecule has 0 saturated carbocycles. The molecule has 0 amide bonds. The molecule has 13 heavy (non-hydrogen) atoms. The number of aliphatic hydroxyl groups excluding tert-OH is 2. The molecule has 1 aromatic heterocycles. The van der Waals surface area contributed by atoms with Crippen molar-refractivity contribution >= 4 is 0 Å². The molecule has 0 aliphatic rings. The number of aliphatic hydroxyl groups is 2. The Kier molecular flexibility index (Phi) is 4.37. The Bertz CT molecular complexity index is 238. The minimum atomic E-state index is 0.0624. The number of nitrogens with one attached hydrogen (secondary N) is 1. The Hall–Kier alpha value is -0.980. The first-order valence-corrected chi connectivity index (χ1v) is 4.18. The largest absolute Gasteiger partial charge is 0.395 e. The SMILES string of the molecule is OCCNCc1cn(CCO)nn1. The Morgan fingerprint density at radius 2 is 2.23 bits per heavy atom. The predicted molar refractivity (Wildman–Crippen MR) is 45.9 cm³/mol. The standard InChI is InChI=1S/C7H14N4O2/c12-3-1-8-5-7-6-11(2-4-13)10-9-7/h6,8,12-13H,1-5H2. The zero-order chi connectivity index (χ0) is 9.52. The van der Waals surface area contributed by atoms with E-state index in [1.807, 2.05) is 0 Å². The lowest BCUT2D eigenvalue weighted by Gasteiger charge is -1.96. The summed E-state index contributed by atoms with van der Waals surface area (Å²) in [6.07, 6.45) is 1.76. The minimum Gasteiger partial charge on any atom is -0.395 e. The first-order chi connectivity index (χ1) is 6.36. The van der Waals surface area contributed by atoms with E-state index >= 15 is 0 Å². The molecule has 6 nitrogen and oxygen atoms in total. The third kappa shape index (κ3) is 3.49. The van der Waals surface area contributed by atoms with E-state index in [4.69, 9.17) is 10.2 Å². The fourth-order valence-corrected chi connectivity index (χ4v) is 0.927. The maximum Gasteiger partial charge on any atom is 0.0964 e. The lowest BCUT2D eigenvalue weighted by Crippen LogP contribution is -2.17. The molecule has 0 aromatic carbocycles. The smallest absolute Gasteiger partial charge is 0.0964 e. The van der Waals surface area contributed by atoms with Gasteiger partial charge in [-0.3, -0.25) is 0 Å². The van der Waals surface area contributed by atoms with Crippen molar-refractivity contribution in [2.24, 2.45) is 0 Å². The summed E-state index contributed by atoms with van der Waals surface area (Å²) in [5.41, 5.74) is 0.807. The lowest BCUT2D eigenvalue weighted by atomic mass is 10.4. The van der Waals surface area contributed by atoms with Gasteiger partial charge in [0, 0.05) is 19.3 Å². The van der Waals surface area contributed by atoms with Gasteiger partial charge in [0.2, 0.25) is 0 Å². The van der Waals surface area contributed by atoms with E-state index in [1.54, 1.807) is 10.9 Å². The molecule has 0 spiro atoms. The fourth-order valence-electron chi connectivity index (χ4n) is 0.927. The third-order valence-corrected chi connectivity index (χ3v) is 1.51. The van der Waals surface area contributed by atoms with Crippen LogP contribution >= 0.6 is 0 Å². The first kappa shape index (κ1) is 10.1. The van der Waals surface area contributed by atoms with Crippen LogP contribution in [0.3, 0.4) is 0 Å². The predicted octanol–water partition coefficient (Wildman–Crippen LogP) is -1.65. The van der Waals surface area contributed by atoms with Crippen LogP contribution in [0.1, 0.15) is 5.69 Å². The molecular weight excluding hydrogens is 172 g/mol. The molecule has 1 heterocycles. The number of nitrogens with zero attached hydrogens (tertiary/aromatic N) is 3. The molecule has 0 unspecified atom stereocenters. The Labute approximate surface area is 76.2 Å². The number of rotatable bonds is 6. The van der Waals surface area contributed by atoms with Crippen molar-refractivity contribution in [3.8, 4) is 0 Å². The summed E-state index contributed by atoms with van der Waals surface area (Å²) in [7, 11) is 0. The third-order valence-electron chi connectivity index (χ3n) is 1.51. The topological polar surface area (TPSA) is 83.2 Å². The summed E-state index contributed by atoms with van der Waals surface area (Å²) < 4.78 is 1.58. The molecule has 1 aromatic rings. The molecule has 1 rings (SSSR count). The van der Waals surface area contributed by atoms with E-state index in [2.05, 4.69) is 15.6 Å². The van der Waals surface area contributed by atoms with E-state index in [-0.39, 0.29) is 13.2 Å². The highest BCUT2D eigenvalue weighted by Gasteiger charge is 1.98. The van der Waals surface area contributed by atoms with Crippen molar-refractivity contribution in [3.05, 3.63) is 11.9 Å². The van der Waals surface area contributed by atoms with E-state index in [9.17, 15) is 0 Å². The van der Waals surface area contributed by atoms with E-state index in [0.29, 0.717) is 19.6 Å². The summed E-state index contributed by atoms with van der Waals surface area (Å²) in [6, 6.07) is 0. The van der Waals surface area contributed by atoms with Crippen LogP contribution in [0.25, 0.3) is 0 Å². The van der Waals surface area contributed by atoms with Gasteiger partial charge in [-0.15, -0.1) is 5.10 Å². The highest BCUT2D eigenvalue weighted by atomic mass is 16.3. The van der Waals surface area contributed by atoms with Crippen LogP contribution in [0.5, 0.6) is 0 Å². The Morgan fingerprint density at radius 1 is 1.38 bits per heavy atom. The summed E-state index contributed by atoms with van der Waals surface area (Å²) in [5.74, 6) is 0. The molecule has 0 aliphatic carbocycles. The number of hydrogen-bond acceptors (Lipinski definition) is 5. The van der Waals surface area contributed by atoms with Crippen LogP contribution in [0.15, 0.2) is 6.20 Å². The van der Waals surface area contributed by atoms with Gasteiger partial charge in [-0.05, 0) is 0 Å². The zero-order valence-electron chi connectivity index (χ0n) is 7.35. The van der Waals surface area contributed by atoms with Crippen LogP contribution in [0, 0.1) is 0 Å². The van der Waals surface area contributed by atoms with Crippen molar-refractivity contribution in [2.45, 2.75) is 13.1 Å². The summed E-state index contributed by atoms with van der Waals surface area (Å²) in [4.78, 5) is 0. The van der Waals surface area contributed by atoms with Crippen LogP contribution in [-0.4, -0.2) is 45.0 Å². The van der Waals surface area contributed by atoms with Crippen LogP contribution in [0.2, 0.25) is 0 Å². The molecule has 0 bridgehead atoms. The monoisotopic (exact) mass is 186 g/mol. The number of hydrogen-bond donors (Lipinski definition) is 3. The van der Waals surface area contributed by atoms with Gasteiger partial charge < -0.3 is 15.5 Å². The Morgan fingerprint density at radius 3 is 2.92 bits per heavy atom. The second-order valence-electron chi connectivity index (χ2n) is 2.60. The summed E-state index contributed by atoms with van der Waals surface area (Å²) in [6.45, 7) is 1.78. The van der Waals surface area contributed by atoms with E-state index < -0.39 is 0 Å². The molecule has 0 saturated heterocycles. The molecule has 6 heteroatoms. The van der Waals surface area contributed by atoms with E-state index in [0.717, 1.165) is 5.69 Å². The first-order valence-electron chi connectivity index (χ1n) is 4.18. The van der Waals surface area contributed by atoms with Crippen molar-refractivity contribution in [1.29, 1.82) is 0 Å². The van der Waals surface area contributed by atoms with Gasteiger partial charge in [-0.25, -0.2) is 4.68 Å². The fraction of sp³-hybridized carbons (Fsp3) is 0.714. The van der Waals surface area contributed by atoms with Crippen molar-refractivity contribution in [1.82, 2.24) is 20.3 Å². The van der Waals surface area contributed by atoms with Crippen molar-refractivity contribution in [2.75, 3.05) is 19.8 Å². The van der Waals surface area contributed by atoms with Crippen molar-refractivity contribution in [3.63, 3.8) is 0 Å². The molecular formula is C7H14N4O2. The summed E-state index contributed by atoms with van der Waals surface area (Å²) >= 11 is 0. The maximum absolute atomic E-state index is 8.61. The molecule has 3 N–H and O–H groups in total. The Balaban J connectivity index is 2.31. The van der Waals surface area contributed by atoms with Crippen LogP contribution in [-0.2, 0) is 13.1 Å². The minimum absolute atomic E-state index is 0.0624. The van der Waals surface area contributed by atoms with Gasteiger partial charge in [0.1, 0.15) is 0 Å². The quantitative estimate of drug-likeness (QED) is 0.464. The highest BCUT2D eigenvalue weighted by Crippen LogP contribution is 1.91. The molecule has 0 fully saturated rings. The van der Waals surface area contributed by atoms with Gasteiger partial charge >= 0.3 is 0 Å². The maximum atomic E-state index is 8.61. The molecule has 74 valence electrons. The summed E-state index contributed by atoms with van der Waals surface area (Å²) in [5, 5.41) is 27.7. The lowest BCUT2D eigenvalue weighted by molar-refractivity contribution is 0.268. The highest BCUT2D eigenvalue weighted by molar-refractivity contribution is 4.91. The van der Waals surface area contributed by atoms with Gasteiger partial charge in [-0.2, -0.15) is 0 Å². The van der Waals surface area contributed by atoms with Gasteiger partial charge in [0.15, 0.2) is 0 Å². The number of aromatic nitrogens is 3. The second-order valence-corrected chi connectivity index (χ2v) is 2.60. The van der Waals surface area contributed by atoms with Gasteiger partial charge in [0.25, 0.3) is 0 Å².